The summed E-state index contributed by atoms with van der Waals surface area (Å²) in [5.74, 6) is 0.0811. The molecule has 0 bridgehead atoms. The van der Waals surface area contributed by atoms with Gasteiger partial charge in [0.05, 0.1) is 26.9 Å². The molecular formula is C27H33NO6. The summed E-state index contributed by atoms with van der Waals surface area (Å²) in [6, 6.07) is 13.4. The van der Waals surface area contributed by atoms with Gasteiger partial charge in [0.2, 0.25) is 0 Å². The molecule has 0 radical (unpaired) electrons. The molecular weight excluding hydrogens is 434 g/mol. The summed E-state index contributed by atoms with van der Waals surface area (Å²) < 4.78 is 16.7. The second-order valence-corrected chi connectivity index (χ2v) is 9.20. The highest BCUT2D eigenvalue weighted by Crippen LogP contribution is 2.31. The number of carbonyl (C=O) groups is 2. The van der Waals surface area contributed by atoms with Gasteiger partial charge in [-0.2, -0.15) is 0 Å². The Morgan fingerprint density at radius 2 is 1.82 bits per heavy atom. The van der Waals surface area contributed by atoms with Crippen molar-refractivity contribution in [2.75, 3.05) is 26.9 Å². The molecule has 1 aliphatic heterocycles. The Morgan fingerprint density at radius 3 is 2.47 bits per heavy atom. The Bertz CT molecular complexity index is 1010. The summed E-state index contributed by atoms with van der Waals surface area (Å²) in [5, 5.41) is 12.7. The van der Waals surface area contributed by atoms with Gasteiger partial charge in [0, 0.05) is 17.9 Å². The van der Waals surface area contributed by atoms with E-state index in [9.17, 15) is 14.7 Å². The fourth-order valence-electron chi connectivity index (χ4n) is 4.65. The maximum absolute atomic E-state index is 13.0. The van der Waals surface area contributed by atoms with Gasteiger partial charge in [-0.1, -0.05) is 49.9 Å². The van der Waals surface area contributed by atoms with Crippen molar-refractivity contribution in [2.24, 2.45) is 0 Å². The largest absolute Gasteiger partial charge is 0.493 e. The molecule has 2 fully saturated rings. The fraction of sp³-hybridized carbons (Fsp3) is 0.481. The molecule has 1 saturated carbocycles. The van der Waals surface area contributed by atoms with E-state index in [0.29, 0.717) is 48.8 Å². The monoisotopic (exact) mass is 467 g/mol. The summed E-state index contributed by atoms with van der Waals surface area (Å²) in [6.07, 6.45) is 5.16. The second kappa shape index (κ2) is 10.9. The smallest absolute Gasteiger partial charge is 0.329 e. The molecule has 1 amide bonds. The minimum absolute atomic E-state index is 0.354. The van der Waals surface area contributed by atoms with Crippen LogP contribution >= 0.6 is 0 Å². The maximum atomic E-state index is 13.0. The molecule has 182 valence electrons. The summed E-state index contributed by atoms with van der Waals surface area (Å²) in [4.78, 5) is 25.1. The minimum Gasteiger partial charge on any atom is -0.493 e. The maximum Gasteiger partial charge on any atom is 0.329 e. The first kappa shape index (κ1) is 24.1. The molecule has 34 heavy (non-hydrogen) atoms. The summed E-state index contributed by atoms with van der Waals surface area (Å²) in [7, 11) is 1.55. The van der Waals surface area contributed by atoms with Crippen LogP contribution < -0.4 is 14.8 Å². The summed E-state index contributed by atoms with van der Waals surface area (Å²) in [6.45, 7) is 1.97. The van der Waals surface area contributed by atoms with Crippen molar-refractivity contribution in [1.29, 1.82) is 0 Å². The zero-order valence-corrected chi connectivity index (χ0v) is 19.7. The highest BCUT2D eigenvalue weighted by Gasteiger charge is 2.40. The van der Waals surface area contributed by atoms with Crippen LogP contribution in [0.2, 0.25) is 0 Å². The summed E-state index contributed by atoms with van der Waals surface area (Å²) in [5.41, 5.74) is 1.60. The predicted octanol–water partition coefficient (Wildman–Crippen LogP) is 4.34. The van der Waals surface area contributed by atoms with E-state index in [2.05, 4.69) is 29.6 Å². The van der Waals surface area contributed by atoms with Crippen molar-refractivity contribution in [3.63, 3.8) is 0 Å². The van der Waals surface area contributed by atoms with E-state index in [4.69, 9.17) is 14.2 Å². The van der Waals surface area contributed by atoms with E-state index in [1.165, 1.54) is 11.1 Å². The Morgan fingerprint density at radius 1 is 1.06 bits per heavy atom. The molecule has 2 aromatic carbocycles. The van der Waals surface area contributed by atoms with Gasteiger partial charge in [0.1, 0.15) is 5.54 Å². The van der Waals surface area contributed by atoms with Crippen molar-refractivity contribution in [3.8, 4) is 11.5 Å². The number of carboxylic acid groups (broad SMARTS) is 1. The Kier molecular flexibility index (Phi) is 7.73. The molecule has 0 aromatic heterocycles. The number of methoxy groups -OCH3 is 1. The Hall–Kier alpha value is -3.06. The third-order valence-electron chi connectivity index (χ3n) is 6.85. The van der Waals surface area contributed by atoms with E-state index < -0.39 is 17.4 Å². The van der Waals surface area contributed by atoms with Crippen molar-refractivity contribution < 1.29 is 28.9 Å². The lowest BCUT2D eigenvalue weighted by molar-refractivity contribution is -0.145. The molecule has 2 N–H and O–H groups in total. The van der Waals surface area contributed by atoms with E-state index in [1.54, 1.807) is 25.3 Å². The van der Waals surface area contributed by atoms with Crippen LogP contribution in [0, 0.1) is 0 Å². The van der Waals surface area contributed by atoms with Gasteiger partial charge in [-0.05, 0) is 42.2 Å². The third kappa shape index (κ3) is 5.53. The zero-order valence-electron chi connectivity index (χ0n) is 19.7. The van der Waals surface area contributed by atoms with Gasteiger partial charge in [-0.15, -0.1) is 0 Å². The van der Waals surface area contributed by atoms with Gasteiger partial charge in [0.25, 0.3) is 5.91 Å². The number of carboxylic acids is 1. The molecule has 0 atom stereocenters. The van der Waals surface area contributed by atoms with Gasteiger partial charge >= 0.3 is 5.97 Å². The average Bonchev–Trinajstić information content (AvgIpc) is 3.05. The molecule has 4 rings (SSSR count). The lowest BCUT2D eigenvalue weighted by atomic mass is 9.90. The van der Waals surface area contributed by atoms with E-state index >= 15 is 0 Å². The van der Waals surface area contributed by atoms with Crippen molar-refractivity contribution in [2.45, 2.75) is 56.4 Å². The number of hydrogen-bond acceptors (Lipinski definition) is 5. The highest BCUT2D eigenvalue weighted by molar-refractivity contribution is 5.98. The first-order valence-electron chi connectivity index (χ1n) is 12.0. The van der Waals surface area contributed by atoms with Gasteiger partial charge in [0.15, 0.2) is 11.5 Å². The number of carbonyl (C=O) groups excluding carboxylic acids is 1. The number of ether oxygens (including phenoxy) is 3. The number of amides is 1. The molecule has 1 aliphatic carbocycles. The van der Waals surface area contributed by atoms with Crippen LogP contribution in [-0.4, -0.2) is 49.5 Å². The molecule has 7 nitrogen and oxygen atoms in total. The Labute approximate surface area is 200 Å². The predicted molar refractivity (Wildman–Crippen MR) is 128 cm³/mol. The zero-order chi connectivity index (χ0) is 24.0. The van der Waals surface area contributed by atoms with Gasteiger partial charge < -0.3 is 24.6 Å². The van der Waals surface area contributed by atoms with Crippen LogP contribution in [-0.2, 0) is 16.0 Å². The number of aliphatic carboxylic acids is 1. The molecule has 2 aliphatic rings. The van der Waals surface area contributed by atoms with Crippen LogP contribution in [0.5, 0.6) is 11.5 Å². The van der Waals surface area contributed by atoms with Crippen LogP contribution in [0.4, 0.5) is 0 Å². The highest BCUT2D eigenvalue weighted by atomic mass is 16.5. The first-order valence-corrected chi connectivity index (χ1v) is 12.0. The minimum atomic E-state index is -1.22. The van der Waals surface area contributed by atoms with Crippen LogP contribution in [0.1, 0.15) is 65.9 Å². The van der Waals surface area contributed by atoms with Crippen molar-refractivity contribution in [3.05, 3.63) is 59.2 Å². The fourth-order valence-corrected chi connectivity index (χ4v) is 4.65. The molecule has 1 heterocycles. The Balaban J connectivity index is 1.43. The van der Waals surface area contributed by atoms with E-state index in [-0.39, 0.29) is 0 Å². The third-order valence-corrected chi connectivity index (χ3v) is 6.85. The van der Waals surface area contributed by atoms with Crippen molar-refractivity contribution >= 4 is 11.9 Å². The standard InChI is InChI=1S/C27H33NO6/c1-32-23-10-9-21(25(29)28-27(26(30)31)12-4-2-3-5-13-27)16-24(23)34-14-11-19-7-6-8-20(15-19)22-17-33-18-22/h6-10,15-16,22H,2-5,11-14,17-18H2,1H3,(H,28,29)(H,30,31). The topological polar surface area (TPSA) is 94.1 Å². The molecule has 1 saturated heterocycles. The number of benzene rings is 2. The van der Waals surface area contributed by atoms with E-state index in [0.717, 1.165) is 38.9 Å². The lowest BCUT2D eigenvalue weighted by Gasteiger charge is -2.29. The van der Waals surface area contributed by atoms with Crippen LogP contribution in [0.25, 0.3) is 0 Å². The molecule has 0 spiro atoms. The second-order valence-electron chi connectivity index (χ2n) is 9.20. The quantitative estimate of drug-likeness (QED) is 0.533. The molecule has 2 aromatic rings. The first-order chi connectivity index (χ1) is 16.5. The average molecular weight is 468 g/mol. The van der Waals surface area contributed by atoms with Crippen LogP contribution in [0.15, 0.2) is 42.5 Å². The molecule has 7 heteroatoms. The number of rotatable bonds is 9. The van der Waals surface area contributed by atoms with Crippen LogP contribution in [0.3, 0.4) is 0 Å². The normalized spacial score (nSPS) is 17.8. The van der Waals surface area contributed by atoms with Gasteiger partial charge in [-0.3, -0.25) is 4.79 Å². The SMILES string of the molecule is COc1ccc(C(=O)NC2(C(=O)O)CCCCCC2)cc1OCCc1cccc(C2COC2)c1. The van der Waals surface area contributed by atoms with Crippen molar-refractivity contribution in [1.82, 2.24) is 5.32 Å². The number of nitrogens with one attached hydrogen (secondary N) is 1. The van der Waals surface area contributed by atoms with E-state index in [1.807, 2.05) is 0 Å². The lowest BCUT2D eigenvalue weighted by Crippen LogP contribution is -2.54. The van der Waals surface area contributed by atoms with Gasteiger partial charge in [-0.25, -0.2) is 4.79 Å². The molecule has 0 unspecified atom stereocenters. The summed E-state index contributed by atoms with van der Waals surface area (Å²) >= 11 is 0. The number of hydrogen-bond donors (Lipinski definition) is 2.